The van der Waals surface area contributed by atoms with Gasteiger partial charge in [0.1, 0.15) is 0 Å². The molecule has 23 heavy (non-hydrogen) atoms. The molecule has 0 heterocycles. The van der Waals surface area contributed by atoms with E-state index in [1.54, 1.807) is 0 Å². The molecule has 0 N–H and O–H groups in total. The summed E-state index contributed by atoms with van der Waals surface area (Å²) in [5.74, 6) is -0.154. The Kier molecular flexibility index (Phi) is 9.70. The number of hydrogen-bond acceptors (Lipinski definition) is 5. The molecule has 6 heteroatoms. The molecule has 0 saturated carbocycles. The zero-order chi connectivity index (χ0) is 17.1. The number of allylic oxidation sites excluding steroid dienone is 1. The molecule has 0 aliphatic heterocycles. The Morgan fingerprint density at radius 3 is 2.00 bits per heavy atom. The average Bonchev–Trinajstić information content (AvgIpc) is 2.54. The molecule has 0 spiro atoms. The van der Waals surface area contributed by atoms with E-state index in [1.165, 1.54) is 5.57 Å². The molecular formula is C17H32O5Si. The standard InChI is InChI=1S/C17H32O5Si/c1-5-19-17(18)16-12-10-9-11-15(16)13-14-23(20-6-2,21-7-3)22-8-4/h5-14H2,1-4H3. The molecule has 5 nitrogen and oxygen atoms in total. The van der Waals surface area contributed by atoms with E-state index >= 15 is 0 Å². The Balaban J connectivity index is 2.85. The maximum absolute atomic E-state index is 12.1. The second-order valence-electron chi connectivity index (χ2n) is 5.49. The maximum Gasteiger partial charge on any atom is 0.501 e. The molecule has 0 radical (unpaired) electrons. The SMILES string of the molecule is CCOC(=O)C1=C(CC[Si](OCC)(OCC)OCC)CCCC1. The minimum absolute atomic E-state index is 0.154. The van der Waals surface area contributed by atoms with Gasteiger partial charge in [-0.2, -0.15) is 0 Å². The zero-order valence-electron chi connectivity index (χ0n) is 15.1. The molecule has 1 rings (SSSR count). The second kappa shape index (κ2) is 11.0. The van der Waals surface area contributed by atoms with Crippen LogP contribution in [0.25, 0.3) is 0 Å². The molecule has 0 unspecified atom stereocenters. The Bertz CT molecular complexity index is 377. The molecule has 0 aromatic carbocycles. The number of carbonyl (C=O) groups is 1. The van der Waals surface area contributed by atoms with Gasteiger partial charge in [-0.3, -0.25) is 0 Å². The smallest absolute Gasteiger partial charge is 0.463 e. The van der Waals surface area contributed by atoms with Crippen molar-refractivity contribution in [3.63, 3.8) is 0 Å². The highest BCUT2D eigenvalue weighted by molar-refractivity contribution is 6.60. The zero-order valence-corrected chi connectivity index (χ0v) is 16.1. The van der Waals surface area contributed by atoms with E-state index in [1.807, 2.05) is 27.7 Å². The van der Waals surface area contributed by atoms with Crippen LogP contribution < -0.4 is 0 Å². The van der Waals surface area contributed by atoms with Crippen molar-refractivity contribution in [1.29, 1.82) is 0 Å². The van der Waals surface area contributed by atoms with Crippen molar-refractivity contribution in [2.45, 2.75) is 65.8 Å². The number of hydrogen-bond donors (Lipinski definition) is 0. The lowest BCUT2D eigenvalue weighted by molar-refractivity contribution is -0.138. The Morgan fingerprint density at radius 1 is 0.913 bits per heavy atom. The van der Waals surface area contributed by atoms with Gasteiger partial charge < -0.3 is 18.0 Å². The third-order valence-corrected chi connectivity index (χ3v) is 6.98. The van der Waals surface area contributed by atoms with Crippen LogP contribution in [0.15, 0.2) is 11.1 Å². The van der Waals surface area contributed by atoms with Gasteiger partial charge in [0.05, 0.1) is 6.61 Å². The van der Waals surface area contributed by atoms with Crippen LogP contribution in [0, 0.1) is 0 Å². The molecule has 0 saturated heterocycles. The minimum Gasteiger partial charge on any atom is -0.463 e. The fourth-order valence-electron chi connectivity index (χ4n) is 3.01. The molecule has 1 aliphatic carbocycles. The van der Waals surface area contributed by atoms with Crippen LogP contribution in [0.1, 0.15) is 59.8 Å². The predicted octanol–water partition coefficient (Wildman–Crippen LogP) is 3.86. The minimum atomic E-state index is -2.65. The van der Waals surface area contributed by atoms with E-state index in [0.717, 1.165) is 43.7 Å². The number of esters is 1. The van der Waals surface area contributed by atoms with Gasteiger partial charge in [-0.1, -0.05) is 5.57 Å². The summed E-state index contributed by atoms with van der Waals surface area (Å²) in [6, 6.07) is 0.723. The summed E-state index contributed by atoms with van der Waals surface area (Å²) >= 11 is 0. The van der Waals surface area contributed by atoms with Crippen molar-refractivity contribution < 1.29 is 22.8 Å². The molecule has 134 valence electrons. The lowest BCUT2D eigenvalue weighted by Crippen LogP contribution is -2.46. The van der Waals surface area contributed by atoms with Gasteiger partial charge in [0, 0.05) is 31.4 Å². The Labute approximate surface area is 141 Å². The average molecular weight is 345 g/mol. The normalized spacial score (nSPS) is 15.8. The molecule has 0 bridgehead atoms. The summed E-state index contributed by atoms with van der Waals surface area (Å²) in [5.41, 5.74) is 2.07. The van der Waals surface area contributed by atoms with Crippen molar-refractivity contribution >= 4 is 14.8 Å². The fourth-order valence-corrected chi connectivity index (χ4v) is 5.62. The largest absolute Gasteiger partial charge is 0.501 e. The van der Waals surface area contributed by atoms with Crippen LogP contribution in [0.3, 0.4) is 0 Å². The first-order valence-electron chi connectivity index (χ1n) is 8.92. The van der Waals surface area contributed by atoms with Crippen LogP contribution in [-0.2, 0) is 22.8 Å². The van der Waals surface area contributed by atoms with Gasteiger partial charge in [0.2, 0.25) is 0 Å². The van der Waals surface area contributed by atoms with Crippen LogP contribution in [0.4, 0.5) is 0 Å². The summed E-state index contributed by atoms with van der Waals surface area (Å²) in [4.78, 5) is 12.1. The summed E-state index contributed by atoms with van der Waals surface area (Å²) < 4.78 is 22.9. The highest BCUT2D eigenvalue weighted by Crippen LogP contribution is 2.31. The molecular weight excluding hydrogens is 312 g/mol. The maximum atomic E-state index is 12.1. The quantitative estimate of drug-likeness (QED) is 0.421. The molecule has 0 amide bonds. The summed E-state index contributed by atoms with van der Waals surface area (Å²) in [5, 5.41) is 0. The van der Waals surface area contributed by atoms with Crippen molar-refractivity contribution in [3.8, 4) is 0 Å². The monoisotopic (exact) mass is 344 g/mol. The lowest BCUT2D eigenvalue weighted by atomic mass is 9.90. The number of ether oxygens (including phenoxy) is 1. The van der Waals surface area contributed by atoms with E-state index in [0.29, 0.717) is 26.4 Å². The van der Waals surface area contributed by atoms with Crippen molar-refractivity contribution in [3.05, 3.63) is 11.1 Å². The van der Waals surface area contributed by atoms with Gasteiger partial charge in [0.25, 0.3) is 0 Å². The van der Waals surface area contributed by atoms with Crippen LogP contribution in [0.5, 0.6) is 0 Å². The van der Waals surface area contributed by atoms with E-state index < -0.39 is 8.80 Å². The van der Waals surface area contributed by atoms with Crippen molar-refractivity contribution in [2.24, 2.45) is 0 Å². The number of rotatable bonds is 11. The fraction of sp³-hybridized carbons (Fsp3) is 0.824. The predicted molar refractivity (Wildman–Crippen MR) is 92.2 cm³/mol. The topological polar surface area (TPSA) is 54.0 Å². The molecule has 0 atom stereocenters. The molecule has 0 aromatic rings. The Hall–Kier alpha value is -0.693. The van der Waals surface area contributed by atoms with Gasteiger partial charge in [-0.15, -0.1) is 0 Å². The van der Waals surface area contributed by atoms with Crippen LogP contribution >= 0.6 is 0 Å². The first-order valence-corrected chi connectivity index (χ1v) is 10.8. The van der Waals surface area contributed by atoms with Gasteiger partial charge >= 0.3 is 14.8 Å². The first-order chi connectivity index (χ1) is 11.1. The van der Waals surface area contributed by atoms with Crippen LogP contribution in [0.2, 0.25) is 6.04 Å². The van der Waals surface area contributed by atoms with E-state index in [2.05, 4.69) is 0 Å². The van der Waals surface area contributed by atoms with Gasteiger partial charge in [-0.25, -0.2) is 4.79 Å². The molecule has 0 aromatic heterocycles. The third-order valence-electron chi connectivity index (χ3n) is 3.93. The Morgan fingerprint density at radius 2 is 1.48 bits per heavy atom. The third kappa shape index (κ3) is 6.37. The highest BCUT2D eigenvalue weighted by atomic mass is 28.4. The van der Waals surface area contributed by atoms with E-state index in [4.69, 9.17) is 18.0 Å². The summed E-state index contributed by atoms with van der Waals surface area (Å²) in [7, 11) is -2.65. The van der Waals surface area contributed by atoms with E-state index in [9.17, 15) is 4.79 Å². The lowest BCUT2D eigenvalue weighted by Gasteiger charge is -2.29. The highest BCUT2D eigenvalue weighted by Gasteiger charge is 2.40. The second-order valence-corrected chi connectivity index (χ2v) is 8.22. The van der Waals surface area contributed by atoms with Crippen molar-refractivity contribution in [2.75, 3.05) is 26.4 Å². The van der Waals surface area contributed by atoms with Gasteiger partial charge in [-0.05, 0) is 59.8 Å². The molecule has 0 fully saturated rings. The summed E-state index contributed by atoms with van der Waals surface area (Å²) in [6.45, 7) is 9.89. The first kappa shape index (κ1) is 20.4. The molecule has 1 aliphatic rings. The summed E-state index contributed by atoms with van der Waals surface area (Å²) in [6.07, 6.45) is 4.76. The van der Waals surface area contributed by atoms with Crippen molar-refractivity contribution in [1.82, 2.24) is 0 Å². The van der Waals surface area contributed by atoms with E-state index in [-0.39, 0.29) is 5.97 Å². The number of carbonyl (C=O) groups excluding carboxylic acids is 1. The van der Waals surface area contributed by atoms with Crippen LogP contribution in [-0.4, -0.2) is 41.2 Å². The van der Waals surface area contributed by atoms with Gasteiger partial charge in [0.15, 0.2) is 0 Å².